The number of hydrogen-bond donors (Lipinski definition) is 1. The van der Waals surface area contributed by atoms with Gasteiger partial charge in [0, 0.05) is 19.0 Å². The second-order valence-corrected chi connectivity index (χ2v) is 6.17. The summed E-state index contributed by atoms with van der Waals surface area (Å²) in [6.45, 7) is 0.589. The molecule has 0 unspecified atom stereocenters. The molecule has 0 spiro atoms. The van der Waals surface area contributed by atoms with Crippen molar-refractivity contribution in [1.82, 2.24) is 9.88 Å². The molecule has 0 radical (unpaired) electrons. The summed E-state index contributed by atoms with van der Waals surface area (Å²) in [5, 5.41) is 0.0980. The molecule has 1 amide bonds. The van der Waals surface area contributed by atoms with Gasteiger partial charge in [-0.1, -0.05) is 30.3 Å². The van der Waals surface area contributed by atoms with Gasteiger partial charge in [0.1, 0.15) is 17.3 Å². The molecule has 5 heteroatoms. The number of benzene rings is 2. The van der Waals surface area contributed by atoms with Crippen molar-refractivity contribution in [3.8, 4) is 0 Å². The minimum absolute atomic E-state index is 0.0285. The number of H-pyrrole nitrogens is 1. The van der Waals surface area contributed by atoms with Gasteiger partial charge in [0.05, 0.1) is 5.52 Å². The van der Waals surface area contributed by atoms with Gasteiger partial charge in [0.25, 0.3) is 5.91 Å². The Morgan fingerprint density at radius 3 is 2.48 bits per heavy atom. The van der Waals surface area contributed by atoms with Gasteiger partial charge in [-0.2, -0.15) is 0 Å². The Hall–Kier alpha value is -2.69. The number of halogens is 2. The van der Waals surface area contributed by atoms with E-state index in [-0.39, 0.29) is 22.5 Å². The second kappa shape index (κ2) is 7.47. The van der Waals surface area contributed by atoms with Crippen molar-refractivity contribution in [2.24, 2.45) is 0 Å². The summed E-state index contributed by atoms with van der Waals surface area (Å²) in [5.41, 5.74) is 1.50. The standard InChI is InChI=1S/C20H20F2N2O/c1-24(12-6-5-9-14-7-3-2-4-8-14)20(25)18-13-15-16(21)10-11-17(22)19(15)23-18/h2-4,7-8,10-11,13,23H,5-6,9,12H2,1H3. The summed E-state index contributed by atoms with van der Waals surface area (Å²) in [5.74, 6) is -1.38. The summed E-state index contributed by atoms with van der Waals surface area (Å²) < 4.78 is 27.5. The molecule has 0 saturated heterocycles. The smallest absolute Gasteiger partial charge is 0.270 e. The maximum Gasteiger partial charge on any atom is 0.270 e. The summed E-state index contributed by atoms with van der Waals surface area (Å²) in [6.07, 6.45) is 2.79. The topological polar surface area (TPSA) is 36.1 Å². The van der Waals surface area contributed by atoms with Crippen LogP contribution in [-0.2, 0) is 6.42 Å². The third-order valence-corrected chi connectivity index (χ3v) is 4.32. The summed E-state index contributed by atoms with van der Waals surface area (Å²) in [7, 11) is 1.70. The van der Waals surface area contributed by atoms with Crippen molar-refractivity contribution in [1.29, 1.82) is 0 Å². The fraction of sp³-hybridized carbons (Fsp3) is 0.250. The Morgan fingerprint density at radius 1 is 1.04 bits per heavy atom. The van der Waals surface area contributed by atoms with Gasteiger partial charge in [-0.25, -0.2) is 8.78 Å². The van der Waals surface area contributed by atoms with Crippen LogP contribution in [0.1, 0.15) is 28.9 Å². The van der Waals surface area contributed by atoms with Crippen LogP contribution >= 0.6 is 0 Å². The van der Waals surface area contributed by atoms with E-state index in [1.807, 2.05) is 18.2 Å². The SMILES string of the molecule is CN(CCCCc1ccccc1)C(=O)c1cc2c(F)ccc(F)c2[nH]1. The zero-order chi connectivity index (χ0) is 17.8. The molecule has 0 atom stereocenters. The quantitative estimate of drug-likeness (QED) is 0.656. The van der Waals surface area contributed by atoms with E-state index in [0.717, 1.165) is 31.4 Å². The summed E-state index contributed by atoms with van der Waals surface area (Å²) in [6, 6.07) is 13.7. The van der Waals surface area contributed by atoms with Crippen LogP contribution in [0.4, 0.5) is 8.78 Å². The van der Waals surface area contributed by atoms with Gasteiger partial charge in [0.2, 0.25) is 0 Å². The van der Waals surface area contributed by atoms with Gasteiger partial charge in [-0.15, -0.1) is 0 Å². The lowest BCUT2D eigenvalue weighted by atomic mass is 10.1. The van der Waals surface area contributed by atoms with Crippen molar-refractivity contribution in [3.63, 3.8) is 0 Å². The minimum atomic E-state index is -0.569. The van der Waals surface area contributed by atoms with E-state index < -0.39 is 11.6 Å². The van der Waals surface area contributed by atoms with Crippen molar-refractivity contribution < 1.29 is 13.6 Å². The van der Waals surface area contributed by atoms with E-state index in [0.29, 0.717) is 6.54 Å². The largest absolute Gasteiger partial charge is 0.348 e. The average Bonchev–Trinajstić information content (AvgIpc) is 3.09. The molecule has 3 rings (SSSR count). The molecule has 0 aliphatic rings. The van der Waals surface area contributed by atoms with Crippen molar-refractivity contribution in [3.05, 3.63) is 71.4 Å². The molecule has 0 fully saturated rings. The number of aromatic nitrogens is 1. The zero-order valence-corrected chi connectivity index (χ0v) is 14.1. The number of nitrogens with zero attached hydrogens (tertiary/aromatic N) is 1. The highest BCUT2D eigenvalue weighted by Gasteiger charge is 2.17. The molecule has 1 aromatic heterocycles. The Balaban J connectivity index is 1.59. The Bertz CT molecular complexity index is 835. The third-order valence-electron chi connectivity index (χ3n) is 4.32. The van der Waals surface area contributed by atoms with Gasteiger partial charge < -0.3 is 9.88 Å². The molecule has 0 bridgehead atoms. The van der Waals surface area contributed by atoms with Crippen LogP contribution in [-0.4, -0.2) is 29.4 Å². The van der Waals surface area contributed by atoms with Gasteiger partial charge in [0.15, 0.2) is 0 Å². The number of unbranched alkanes of at least 4 members (excludes halogenated alkanes) is 1. The number of nitrogens with one attached hydrogen (secondary N) is 1. The van der Waals surface area contributed by atoms with Gasteiger partial charge in [-0.05, 0) is 43.0 Å². The van der Waals surface area contributed by atoms with Crippen molar-refractivity contribution in [2.45, 2.75) is 19.3 Å². The van der Waals surface area contributed by atoms with Crippen LogP contribution < -0.4 is 0 Å². The van der Waals surface area contributed by atoms with E-state index in [4.69, 9.17) is 0 Å². The number of fused-ring (bicyclic) bond motifs is 1. The molecule has 25 heavy (non-hydrogen) atoms. The van der Waals surface area contributed by atoms with E-state index in [1.54, 1.807) is 11.9 Å². The molecule has 2 aromatic carbocycles. The predicted octanol–water partition coefficient (Wildman–Crippen LogP) is 4.54. The first kappa shape index (κ1) is 17.1. The monoisotopic (exact) mass is 342 g/mol. The molecule has 0 aliphatic heterocycles. The highest BCUT2D eigenvalue weighted by atomic mass is 19.1. The lowest BCUT2D eigenvalue weighted by Gasteiger charge is -2.16. The number of amides is 1. The lowest BCUT2D eigenvalue weighted by molar-refractivity contribution is 0.0788. The van der Waals surface area contributed by atoms with Crippen LogP contribution in [0.2, 0.25) is 0 Å². The fourth-order valence-electron chi connectivity index (χ4n) is 2.90. The van der Waals surface area contributed by atoms with Crippen molar-refractivity contribution in [2.75, 3.05) is 13.6 Å². The second-order valence-electron chi connectivity index (χ2n) is 6.17. The molecule has 1 N–H and O–H groups in total. The molecule has 130 valence electrons. The number of carbonyl (C=O) groups is 1. The fourth-order valence-corrected chi connectivity index (χ4v) is 2.90. The van der Waals surface area contributed by atoms with Crippen LogP contribution in [0.5, 0.6) is 0 Å². The third kappa shape index (κ3) is 3.87. The maximum absolute atomic E-state index is 13.7. The van der Waals surface area contributed by atoms with E-state index in [2.05, 4.69) is 17.1 Å². The lowest BCUT2D eigenvalue weighted by Crippen LogP contribution is -2.28. The van der Waals surface area contributed by atoms with E-state index in [1.165, 1.54) is 11.6 Å². The van der Waals surface area contributed by atoms with Crippen LogP contribution in [0, 0.1) is 11.6 Å². The first-order valence-electron chi connectivity index (χ1n) is 8.32. The van der Waals surface area contributed by atoms with Gasteiger partial charge >= 0.3 is 0 Å². The molecule has 3 aromatic rings. The zero-order valence-electron chi connectivity index (χ0n) is 14.1. The van der Waals surface area contributed by atoms with Crippen LogP contribution in [0.25, 0.3) is 10.9 Å². The summed E-state index contributed by atoms with van der Waals surface area (Å²) >= 11 is 0. The molecular formula is C20H20F2N2O. The van der Waals surface area contributed by atoms with E-state index in [9.17, 15) is 13.6 Å². The normalized spacial score (nSPS) is 11.0. The van der Waals surface area contributed by atoms with E-state index >= 15 is 0 Å². The average molecular weight is 342 g/mol. The molecule has 1 heterocycles. The Kier molecular flexibility index (Phi) is 5.12. The number of carbonyl (C=O) groups excluding carboxylic acids is 1. The van der Waals surface area contributed by atoms with Crippen molar-refractivity contribution >= 4 is 16.8 Å². The first-order chi connectivity index (χ1) is 12.1. The molecule has 0 saturated carbocycles. The highest BCUT2D eigenvalue weighted by Crippen LogP contribution is 2.22. The number of hydrogen-bond acceptors (Lipinski definition) is 1. The predicted molar refractivity (Wildman–Crippen MR) is 94.6 cm³/mol. The highest BCUT2D eigenvalue weighted by molar-refractivity contribution is 5.98. The number of rotatable bonds is 6. The molecule has 0 aliphatic carbocycles. The number of aromatic amines is 1. The Labute approximate surface area is 145 Å². The van der Waals surface area contributed by atoms with Crippen LogP contribution in [0.3, 0.4) is 0 Å². The molecule has 3 nitrogen and oxygen atoms in total. The Morgan fingerprint density at radius 2 is 1.76 bits per heavy atom. The molecular weight excluding hydrogens is 322 g/mol. The van der Waals surface area contributed by atoms with Gasteiger partial charge in [-0.3, -0.25) is 4.79 Å². The maximum atomic E-state index is 13.7. The number of aryl methyl sites for hydroxylation is 1. The summed E-state index contributed by atoms with van der Waals surface area (Å²) in [4.78, 5) is 16.7. The van der Waals surface area contributed by atoms with Crippen LogP contribution in [0.15, 0.2) is 48.5 Å². The minimum Gasteiger partial charge on any atom is -0.348 e. The first-order valence-corrected chi connectivity index (χ1v) is 8.32.